The van der Waals surface area contributed by atoms with Gasteiger partial charge < -0.3 is 16.4 Å². The van der Waals surface area contributed by atoms with Crippen LogP contribution in [0, 0.1) is 0 Å². The average molecular weight is 360 g/mol. The summed E-state index contributed by atoms with van der Waals surface area (Å²) in [4.78, 5) is 35.5. The van der Waals surface area contributed by atoms with Gasteiger partial charge in [-0.3, -0.25) is 14.4 Å². The lowest BCUT2D eigenvalue weighted by atomic mass is 10.1. The van der Waals surface area contributed by atoms with Crippen molar-refractivity contribution in [2.45, 2.75) is 12.5 Å². The van der Waals surface area contributed by atoms with Crippen molar-refractivity contribution in [2.24, 2.45) is 5.73 Å². The molecule has 130 valence electrons. The number of benzene rings is 2. The van der Waals surface area contributed by atoms with Gasteiger partial charge in [0.05, 0.1) is 6.54 Å². The summed E-state index contributed by atoms with van der Waals surface area (Å²) in [6, 6.07) is 14.6. The lowest BCUT2D eigenvalue weighted by Gasteiger charge is -2.16. The predicted octanol–water partition coefficient (Wildman–Crippen LogP) is 1.28. The number of carbonyl (C=O) groups is 3. The third-order valence-electron chi connectivity index (χ3n) is 3.45. The van der Waals surface area contributed by atoms with Crippen LogP contribution in [0.4, 0.5) is 0 Å². The maximum Gasteiger partial charge on any atom is 0.251 e. The Kier molecular flexibility index (Phi) is 6.54. The fraction of sp³-hybridized carbons (Fsp3) is 0.167. The standard InChI is InChI=1S/C18H18ClN3O3/c19-14-8-4-5-12(9-14)10-15(17(20)24)22-16(23)11-21-18(25)13-6-2-1-3-7-13/h1-9,15H,10-11H2,(H2,20,24)(H,21,25)(H,22,23)/t15-/m1/s1. The molecule has 0 saturated heterocycles. The van der Waals surface area contributed by atoms with Crippen molar-refractivity contribution in [3.63, 3.8) is 0 Å². The van der Waals surface area contributed by atoms with E-state index in [1.54, 1.807) is 54.6 Å². The van der Waals surface area contributed by atoms with Crippen molar-refractivity contribution in [1.29, 1.82) is 0 Å². The third-order valence-corrected chi connectivity index (χ3v) is 3.69. The van der Waals surface area contributed by atoms with Crippen molar-refractivity contribution in [3.05, 3.63) is 70.7 Å². The molecule has 1 atom stereocenters. The number of halogens is 1. The Morgan fingerprint density at radius 1 is 1.04 bits per heavy atom. The average Bonchev–Trinajstić information content (AvgIpc) is 2.60. The van der Waals surface area contributed by atoms with Gasteiger partial charge in [0.1, 0.15) is 6.04 Å². The first kappa shape index (κ1) is 18.5. The lowest BCUT2D eigenvalue weighted by molar-refractivity contribution is -0.126. The molecule has 4 N–H and O–H groups in total. The predicted molar refractivity (Wildman–Crippen MR) is 95.1 cm³/mol. The largest absolute Gasteiger partial charge is 0.368 e. The summed E-state index contributed by atoms with van der Waals surface area (Å²) >= 11 is 5.91. The first-order valence-electron chi connectivity index (χ1n) is 7.62. The lowest BCUT2D eigenvalue weighted by Crippen LogP contribution is -2.49. The number of rotatable bonds is 7. The molecule has 2 aromatic rings. The highest BCUT2D eigenvalue weighted by Crippen LogP contribution is 2.12. The molecule has 2 rings (SSSR count). The highest BCUT2D eigenvalue weighted by atomic mass is 35.5. The summed E-state index contributed by atoms with van der Waals surface area (Å²) in [5, 5.41) is 5.54. The van der Waals surface area contributed by atoms with Crippen LogP contribution in [0.3, 0.4) is 0 Å². The van der Waals surface area contributed by atoms with E-state index in [0.29, 0.717) is 10.6 Å². The summed E-state index contributed by atoms with van der Waals surface area (Å²) < 4.78 is 0. The van der Waals surface area contributed by atoms with Crippen molar-refractivity contribution in [1.82, 2.24) is 10.6 Å². The highest BCUT2D eigenvalue weighted by Gasteiger charge is 2.19. The number of nitrogens with two attached hydrogens (primary N) is 1. The molecule has 0 aliphatic rings. The van der Waals surface area contributed by atoms with Crippen LogP contribution in [-0.4, -0.2) is 30.3 Å². The second-order valence-corrected chi connectivity index (χ2v) is 5.84. The molecule has 0 saturated carbocycles. The Hall–Kier alpha value is -2.86. The van der Waals surface area contributed by atoms with Gasteiger partial charge in [0, 0.05) is 17.0 Å². The van der Waals surface area contributed by atoms with E-state index in [0.717, 1.165) is 5.56 Å². The molecular weight excluding hydrogens is 342 g/mol. The van der Waals surface area contributed by atoms with Crippen LogP contribution in [0.1, 0.15) is 15.9 Å². The van der Waals surface area contributed by atoms with Crippen LogP contribution in [0.2, 0.25) is 5.02 Å². The van der Waals surface area contributed by atoms with Crippen LogP contribution in [-0.2, 0) is 16.0 Å². The minimum absolute atomic E-state index is 0.217. The summed E-state index contributed by atoms with van der Waals surface area (Å²) in [5.41, 5.74) is 6.56. The number of primary amides is 1. The third kappa shape index (κ3) is 5.93. The maximum absolute atomic E-state index is 12.0. The van der Waals surface area contributed by atoms with Crippen LogP contribution >= 0.6 is 11.6 Å². The molecule has 0 spiro atoms. The van der Waals surface area contributed by atoms with E-state index in [1.807, 2.05) is 0 Å². The number of hydrogen-bond donors (Lipinski definition) is 3. The highest BCUT2D eigenvalue weighted by molar-refractivity contribution is 6.30. The maximum atomic E-state index is 12.0. The Morgan fingerprint density at radius 3 is 2.40 bits per heavy atom. The molecule has 2 aromatic carbocycles. The van der Waals surface area contributed by atoms with E-state index in [2.05, 4.69) is 10.6 Å². The fourth-order valence-electron chi connectivity index (χ4n) is 2.22. The Bertz CT molecular complexity index is 765. The van der Waals surface area contributed by atoms with Gasteiger partial charge >= 0.3 is 0 Å². The molecule has 6 nitrogen and oxygen atoms in total. The summed E-state index contributed by atoms with van der Waals surface area (Å²) in [6.07, 6.45) is 0.217. The summed E-state index contributed by atoms with van der Waals surface area (Å²) in [6.45, 7) is -0.257. The van der Waals surface area contributed by atoms with Gasteiger partial charge in [0.25, 0.3) is 5.91 Å². The minimum atomic E-state index is -0.889. The Balaban J connectivity index is 1.89. The van der Waals surface area contributed by atoms with Gasteiger partial charge in [-0.1, -0.05) is 41.9 Å². The van der Waals surface area contributed by atoms with Crippen LogP contribution < -0.4 is 16.4 Å². The minimum Gasteiger partial charge on any atom is -0.368 e. The van der Waals surface area contributed by atoms with E-state index in [9.17, 15) is 14.4 Å². The van der Waals surface area contributed by atoms with E-state index in [1.165, 1.54) is 0 Å². The molecule has 0 bridgehead atoms. The molecule has 0 unspecified atom stereocenters. The molecule has 25 heavy (non-hydrogen) atoms. The first-order valence-corrected chi connectivity index (χ1v) is 8.00. The number of amides is 3. The van der Waals surface area contributed by atoms with Gasteiger partial charge in [-0.2, -0.15) is 0 Å². The first-order chi connectivity index (χ1) is 12.0. The second kappa shape index (κ2) is 8.84. The molecular formula is C18H18ClN3O3. The van der Waals surface area contributed by atoms with E-state index >= 15 is 0 Å². The van der Waals surface area contributed by atoms with Crippen molar-refractivity contribution < 1.29 is 14.4 Å². The van der Waals surface area contributed by atoms with E-state index in [-0.39, 0.29) is 18.9 Å². The number of carbonyl (C=O) groups excluding carboxylic acids is 3. The van der Waals surface area contributed by atoms with Gasteiger partial charge in [0.15, 0.2) is 0 Å². The fourth-order valence-corrected chi connectivity index (χ4v) is 2.43. The van der Waals surface area contributed by atoms with Gasteiger partial charge in [-0.15, -0.1) is 0 Å². The SMILES string of the molecule is NC(=O)[C@@H](Cc1cccc(Cl)c1)NC(=O)CNC(=O)c1ccccc1. The Labute approximate surface area is 150 Å². The van der Waals surface area contributed by atoms with Crippen molar-refractivity contribution >= 4 is 29.3 Å². The molecule has 0 radical (unpaired) electrons. The monoisotopic (exact) mass is 359 g/mol. The number of hydrogen-bond acceptors (Lipinski definition) is 3. The molecule has 3 amide bonds. The molecule has 0 heterocycles. The van der Waals surface area contributed by atoms with Crippen molar-refractivity contribution in [3.8, 4) is 0 Å². The van der Waals surface area contributed by atoms with Gasteiger partial charge in [0.2, 0.25) is 11.8 Å². The molecule has 0 aliphatic heterocycles. The van der Waals surface area contributed by atoms with Crippen LogP contribution in [0.5, 0.6) is 0 Å². The molecule has 0 aromatic heterocycles. The van der Waals surface area contributed by atoms with E-state index in [4.69, 9.17) is 17.3 Å². The van der Waals surface area contributed by atoms with Crippen molar-refractivity contribution in [2.75, 3.05) is 6.54 Å². The summed E-state index contributed by atoms with van der Waals surface area (Å²) in [7, 11) is 0. The van der Waals surface area contributed by atoms with Gasteiger partial charge in [-0.05, 0) is 29.8 Å². The zero-order chi connectivity index (χ0) is 18.2. The van der Waals surface area contributed by atoms with Gasteiger partial charge in [-0.25, -0.2) is 0 Å². The van der Waals surface area contributed by atoms with Crippen LogP contribution in [0.15, 0.2) is 54.6 Å². The normalized spacial score (nSPS) is 11.4. The van der Waals surface area contributed by atoms with Crippen LogP contribution in [0.25, 0.3) is 0 Å². The molecule has 7 heteroatoms. The smallest absolute Gasteiger partial charge is 0.251 e. The number of nitrogens with one attached hydrogen (secondary N) is 2. The Morgan fingerprint density at radius 2 is 1.76 bits per heavy atom. The zero-order valence-corrected chi connectivity index (χ0v) is 14.1. The summed E-state index contributed by atoms with van der Waals surface area (Å²) in [5.74, 6) is -1.54. The topological polar surface area (TPSA) is 101 Å². The van der Waals surface area contributed by atoms with E-state index < -0.39 is 17.9 Å². The second-order valence-electron chi connectivity index (χ2n) is 5.41. The quantitative estimate of drug-likeness (QED) is 0.694. The molecule has 0 aliphatic carbocycles. The molecule has 0 fully saturated rings. The zero-order valence-electron chi connectivity index (χ0n) is 13.4.